The molecule has 1 aromatic carbocycles. The van der Waals surface area contributed by atoms with Gasteiger partial charge in [0.15, 0.2) is 0 Å². The van der Waals surface area contributed by atoms with Gasteiger partial charge in [-0.1, -0.05) is 49.6 Å². The molecular formula is C15H21N. The molecule has 0 saturated heterocycles. The molecule has 0 spiro atoms. The van der Waals surface area contributed by atoms with Gasteiger partial charge in [0.25, 0.3) is 0 Å². The van der Waals surface area contributed by atoms with E-state index < -0.39 is 0 Å². The Bertz CT molecular complexity index is 331. The largest absolute Gasteiger partial charge is 0.303 e. The molecule has 0 fully saturated rings. The summed E-state index contributed by atoms with van der Waals surface area (Å²) < 4.78 is 0. The maximum absolute atomic E-state index is 3.50. The Morgan fingerprint density at radius 2 is 2.00 bits per heavy atom. The van der Waals surface area contributed by atoms with E-state index in [1.165, 1.54) is 18.4 Å². The van der Waals surface area contributed by atoms with Crippen molar-refractivity contribution in [2.75, 3.05) is 6.54 Å². The summed E-state index contributed by atoms with van der Waals surface area (Å²) in [5.41, 5.74) is 1.40. The highest BCUT2D eigenvalue weighted by Crippen LogP contribution is 2.07. The minimum atomic E-state index is 0.549. The highest BCUT2D eigenvalue weighted by molar-refractivity contribution is 5.16. The van der Waals surface area contributed by atoms with Gasteiger partial charge < -0.3 is 5.32 Å². The molecule has 1 aromatic rings. The van der Waals surface area contributed by atoms with Gasteiger partial charge in [-0.3, -0.25) is 0 Å². The van der Waals surface area contributed by atoms with E-state index in [1.807, 2.05) is 6.92 Å². The molecule has 86 valence electrons. The van der Waals surface area contributed by atoms with Crippen molar-refractivity contribution in [3.63, 3.8) is 0 Å². The van der Waals surface area contributed by atoms with E-state index in [0.717, 1.165) is 13.0 Å². The van der Waals surface area contributed by atoms with E-state index in [4.69, 9.17) is 0 Å². The van der Waals surface area contributed by atoms with Gasteiger partial charge in [0, 0.05) is 6.04 Å². The molecule has 0 aliphatic rings. The SMILES string of the molecule is CC#CCNC(CCC)Cc1ccccc1. The maximum Gasteiger partial charge on any atom is 0.0578 e. The third-order valence-electron chi connectivity index (χ3n) is 2.62. The van der Waals surface area contributed by atoms with E-state index in [9.17, 15) is 0 Å². The molecule has 0 bridgehead atoms. The predicted molar refractivity (Wildman–Crippen MR) is 70.3 cm³/mol. The van der Waals surface area contributed by atoms with Crippen molar-refractivity contribution in [2.45, 2.75) is 39.2 Å². The maximum atomic E-state index is 3.50. The van der Waals surface area contributed by atoms with Crippen molar-refractivity contribution < 1.29 is 0 Å². The van der Waals surface area contributed by atoms with Gasteiger partial charge in [-0.25, -0.2) is 0 Å². The van der Waals surface area contributed by atoms with Gasteiger partial charge in [-0.2, -0.15) is 0 Å². The van der Waals surface area contributed by atoms with Crippen LogP contribution in [0.1, 0.15) is 32.3 Å². The smallest absolute Gasteiger partial charge is 0.0578 e. The summed E-state index contributed by atoms with van der Waals surface area (Å²) in [6.07, 6.45) is 3.52. The summed E-state index contributed by atoms with van der Waals surface area (Å²) >= 11 is 0. The highest BCUT2D eigenvalue weighted by atomic mass is 14.9. The molecule has 0 radical (unpaired) electrons. The lowest BCUT2D eigenvalue weighted by Crippen LogP contribution is -2.31. The Morgan fingerprint density at radius 3 is 2.62 bits per heavy atom. The van der Waals surface area contributed by atoms with Crippen LogP contribution in [-0.4, -0.2) is 12.6 Å². The first-order chi connectivity index (χ1) is 7.86. The minimum Gasteiger partial charge on any atom is -0.303 e. The predicted octanol–water partition coefficient (Wildman–Crippen LogP) is 3.01. The molecular weight excluding hydrogens is 194 g/mol. The molecule has 0 heterocycles. The lowest BCUT2D eigenvalue weighted by atomic mass is 10.0. The second kappa shape index (κ2) is 7.96. The summed E-state index contributed by atoms with van der Waals surface area (Å²) in [6.45, 7) is 4.91. The first-order valence-electron chi connectivity index (χ1n) is 6.03. The van der Waals surface area contributed by atoms with Crippen LogP contribution in [0.15, 0.2) is 30.3 Å². The van der Waals surface area contributed by atoms with Crippen LogP contribution in [0.25, 0.3) is 0 Å². The van der Waals surface area contributed by atoms with Crippen LogP contribution in [-0.2, 0) is 6.42 Å². The van der Waals surface area contributed by atoms with E-state index >= 15 is 0 Å². The molecule has 0 aromatic heterocycles. The van der Waals surface area contributed by atoms with Crippen LogP contribution in [0.4, 0.5) is 0 Å². The summed E-state index contributed by atoms with van der Waals surface area (Å²) in [6, 6.07) is 11.2. The second-order valence-corrected chi connectivity index (χ2v) is 3.98. The first-order valence-corrected chi connectivity index (χ1v) is 6.03. The molecule has 0 amide bonds. The van der Waals surface area contributed by atoms with Crippen molar-refractivity contribution in [1.82, 2.24) is 5.32 Å². The van der Waals surface area contributed by atoms with E-state index in [0.29, 0.717) is 6.04 Å². The quantitative estimate of drug-likeness (QED) is 0.719. The third-order valence-corrected chi connectivity index (χ3v) is 2.62. The second-order valence-electron chi connectivity index (χ2n) is 3.98. The fourth-order valence-corrected chi connectivity index (χ4v) is 1.81. The monoisotopic (exact) mass is 215 g/mol. The number of rotatable bonds is 6. The highest BCUT2D eigenvalue weighted by Gasteiger charge is 2.06. The minimum absolute atomic E-state index is 0.549. The van der Waals surface area contributed by atoms with Crippen LogP contribution in [0.5, 0.6) is 0 Å². The van der Waals surface area contributed by atoms with Crippen molar-refractivity contribution >= 4 is 0 Å². The van der Waals surface area contributed by atoms with Crippen LogP contribution in [0.3, 0.4) is 0 Å². The molecule has 1 heteroatoms. The molecule has 0 aliphatic carbocycles. The fraction of sp³-hybridized carbons (Fsp3) is 0.467. The Morgan fingerprint density at radius 1 is 1.25 bits per heavy atom. The Labute approximate surface area is 99.3 Å². The number of benzene rings is 1. The van der Waals surface area contributed by atoms with Crippen LogP contribution >= 0.6 is 0 Å². The fourth-order valence-electron chi connectivity index (χ4n) is 1.81. The van der Waals surface area contributed by atoms with Crippen molar-refractivity contribution in [1.29, 1.82) is 0 Å². The van der Waals surface area contributed by atoms with Gasteiger partial charge in [0.05, 0.1) is 6.54 Å². The lowest BCUT2D eigenvalue weighted by molar-refractivity contribution is 0.498. The molecule has 16 heavy (non-hydrogen) atoms. The first kappa shape index (κ1) is 12.8. The summed E-state index contributed by atoms with van der Waals surface area (Å²) in [7, 11) is 0. The average Bonchev–Trinajstić information content (AvgIpc) is 2.31. The standard InChI is InChI=1S/C15H21N/c1-3-5-12-16-15(9-4-2)13-14-10-7-6-8-11-14/h6-8,10-11,15-16H,4,9,12-13H2,1-2H3. The molecule has 1 N–H and O–H groups in total. The third kappa shape index (κ3) is 5.00. The normalized spacial score (nSPS) is 11.6. The van der Waals surface area contributed by atoms with Crippen molar-refractivity contribution in [2.24, 2.45) is 0 Å². The van der Waals surface area contributed by atoms with Crippen molar-refractivity contribution in [3.8, 4) is 11.8 Å². The summed E-state index contributed by atoms with van der Waals surface area (Å²) in [5.74, 6) is 5.98. The number of hydrogen-bond donors (Lipinski definition) is 1. The number of nitrogens with one attached hydrogen (secondary N) is 1. The van der Waals surface area contributed by atoms with Gasteiger partial charge in [-0.15, -0.1) is 5.92 Å². The van der Waals surface area contributed by atoms with Crippen LogP contribution in [0.2, 0.25) is 0 Å². The average molecular weight is 215 g/mol. The van der Waals surface area contributed by atoms with Crippen LogP contribution < -0.4 is 5.32 Å². The van der Waals surface area contributed by atoms with Gasteiger partial charge >= 0.3 is 0 Å². The summed E-state index contributed by atoms with van der Waals surface area (Å²) in [4.78, 5) is 0. The van der Waals surface area contributed by atoms with Crippen LogP contribution in [0, 0.1) is 11.8 Å². The zero-order chi connectivity index (χ0) is 11.6. The lowest BCUT2D eigenvalue weighted by Gasteiger charge is -2.16. The topological polar surface area (TPSA) is 12.0 Å². The number of hydrogen-bond acceptors (Lipinski definition) is 1. The zero-order valence-corrected chi connectivity index (χ0v) is 10.3. The van der Waals surface area contributed by atoms with Crippen molar-refractivity contribution in [3.05, 3.63) is 35.9 Å². The molecule has 1 rings (SSSR count). The van der Waals surface area contributed by atoms with Gasteiger partial charge in [0.1, 0.15) is 0 Å². The zero-order valence-electron chi connectivity index (χ0n) is 10.3. The molecule has 1 nitrogen and oxygen atoms in total. The molecule has 1 unspecified atom stereocenters. The molecule has 0 aliphatic heterocycles. The molecule has 0 saturated carbocycles. The summed E-state index contributed by atoms with van der Waals surface area (Å²) in [5, 5.41) is 3.50. The molecule has 1 atom stereocenters. The van der Waals surface area contributed by atoms with E-state index in [1.54, 1.807) is 0 Å². The van der Waals surface area contributed by atoms with E-state index in [2.05, 4.69) is 54.4 Å². The Hall–Kier alpha value is -1.26. The Kier molecular flexibility index (Phi) is 6.37. The van der Waals surface area contributed by atoms with E-state index in [-0.39, 0.29) is 0 Å². The Balaban J connectivity index is 2.46. The van der Waals surface area contributed by atoms with Gasteiger partial charge in [0.2, 0.25) is 0 Å². The van der Waals surface area contributed by atoms with Gasteiger partial charge in [-0.05, 0) is 25.3 Å².